The topological polar surface area (TPSA) is 83.1 Å². The van der Waals surface area contributed by atoms with Crippen molar-refractivity contribution < 1.29 is 9.53 Å². The molecule has 0 saturated carbocycles. The second-order valence-corrected chi connectivity index (χ2v) is 7.57. The predicted molar refractivity (Wildman–Crippen MR) is 102 cm³/mol. The number of aromatic nitrogens is 3. The van der Waals surface area contributed by atoms with Gasteiger partial charge in [0.15, 0.2) is 11.0 Å². The zero-order valence-corrected chi connectivity index (χ0v) is 16.6. The van der Waals surface area contributed by atoms with Gasteiger partial charge in [0.05, 0.1) is 24.4 Å². The Labute approximate surface area is 162 Å². The number of aryl methyl sites for hydroxylation is 1. The summed E-state index contributed by atoms with van der Waals surface area (Å²) in [6, 6.07) is -0.0519. The molecule has 26 heavy (non-hydrogen) atoms. The smallest absolute Gasteiger partial charge is 0.287 e. The van der Waals surface area contributed by atoms with Crippen molar-refractivity contribution >= 4 is 28.8 Å². The molecule has 2 aromatic heterocycles. The zero-order valence-electron chi connectivity index (χ0n) is 15.0. The lowest BCUT2D eigenvalue weighted by Gasteiger charge is -2.38. The molecular weight excluding hydrogens is 374 g/mol. The van der Waals surface area contributed by atoms with Gasteiger partial charge in [-0.2, -0.15) is 0 Å². The minimum Gasteiger partial charge on any atom is -0.375 e. The third kappa shape index (κ3) is 4.62. The maximum Gasteiger partial charge on any atom is 0.287 e. The molecule has 1 saturated heterocycles. The van der Waals surface area contributed by atoms with Crippen LogP contribution in [0.3, 0.4) is 0 Å². The Kier molecular flexibility index (Phi) is 6.63. The number of amides is 1. The summed E-state index contributed by atoms with van der Waals surface area (Å²) in [6.45, 7) is 7.00. The van der Waals surface area contributed by atoms with Gasteiger partial charge < -0.3 is 15.0 Å². The lowest BCUT2D eigenvalue weighted by atomic mass is 10.0. The first-order valence-corrected chi connectivity index (χ1v) is 10.1. The number of carbonyl (C=O) groups is 1. The maximum atomic E-state index is 12.5. The highest BCUT2D eigenvalue weighted by atomic mass is 35.5. The molecule has 0 spiro atoms. The van der Waals surface area contributed by atoms with Crippen LogP contribution in [0, 0.1) is 0 Å². The summed E-state index contributed by atoms with van der Waals surface area (Å²) in [6.07, 6.45) is 3.28. The summed E-state index contributed by atoms with van der Waals surface area (Å²) in [4.78, 5) is 26.3. The van der Waals surface area contributed by atoms with Crippen LogP contribution >= 0.6 is 22.9 Å². The Balaban J connectivity index is 1.62. The van der Waals surface area contributed by atoms with Crippen molar-refractivity contribution in [3.8, 4) is 0 Å². The zero-order chi connectivity index (χ0) is 18.5. The first kappa shape index (κ1) is 19.3. The summed E-state index contributed by atoms with van der Waals surface area (Å²) in [7, 11) is 0. The quantitative estimate of drug-likeness (QED) is 0.750. The average molecular weight is 398 g/mol. The van der Waals surface area contributed by atoms with Crippen LogP contribution in [-0.2, 0) is 17.7 Å². The molecule has 0 aliphatic carbocycles. The number of imidazole rings is 1. The SMILES string of the molecule is CCO[C@H]1CN(Cc2nccs2)CC[C@H]1NC(=O)c1nc(Cl)c(CC)[nH]1. The molecule has 1 aliphatic heterocycles. The number of nitrogens with zero attached hydrogens (tertiary/aromatic N) is 3. The molecule has 2 aromatic rings. The minimum atomic E-state index is -0.241. The van der Waals surface area contributed by atoms with Crippen LogP contribution in [-0.4, -0.2) is 57.6 Å². The molecule has 2 N–H and O–H groups in total. The molecule has 9 heteroatoms. The molecule has 3 heterocycles. The van der Waals surface area contributed by atoms with Crippen LogP contribution in [0.1, 0.15) is 41.6 Å². The van der Waals surface area contributed by atoms with E-state index in [1.54, 1.807) is 11.3 Å². The summed E-state index contributed by atoms with van der Waals surface area (Å²) >= 11 is 7.70. The largest absolute Gasteiger partial charge is 0.375 e. The summed E-state index contributed by atoms with van der Waals surface area (Å²) < 4.78 is 5.90. The summed E-state index contributed by atoms with van der Waals surface area (Å²) in [5, 5.41) is 6.50. The second-order valence-electron chi connectivity index (χ2n) is 6.23. The molecule has 3 rings (SSSR count). The van der Waals surface area contributed by atoms with Crippen molar-refractivity contribution in [1.82, 2.24) is 25.2 Å². The van der Waals surface area contributed by atoms with Crippen molar-refractivity contribution in [2.24, 2.45) is 0 Å². The van der Waals surface area contributed by atoms with E-state index in [0.29, 0.717) is 18.2 Å². The van der Waals surface area contributed by atoms with Crippen molar-refractivity contribution in [3.05, 3.63) is 33.3 Å². The molecule has 142 valence electrons. The van der Waals surface area contributed by atoms with Gasteiger partial charge in [-0.1, -0.05) is 18.5 Å². The Morgan fingerprint density at radius 1 is 1.54 bits per heavy atom. The van der Waals surface area contributed by atoms with E-state index in [9.17, 15) is 4.79 Å². The van der Waals surface area contributed by atoms with E-state index in [0.717, 1.165) is 36.8 Å². The second kappa shape index (κ2) is 8.94. The molecule has 7 nitrogen and oxygen atoms in total. The van der Waals surface area contributed by atoms with Crippen molar-refractivity contribution in [3.63, 3.8) is 0 Å². The number of likely N-dealkylation sites (tertiary alicyclic amines) is 1. The molecule has 0 aromatic carbocycles. The lowest BCUT2D eigenvalue weighted by Crippen LogP contribution is -2.55. The van der Waals surface area contributed by atoms with Crippen molar-refractivity contribution in [2.45, 2.75) is 45.4 Å². The van der Waals surface area contributed by atoms with Gasteiger partial charge in [-0.05, 0) is 19.8 Å². The molecule has 1 aliphatic rings. The van der Waals surface area contributed by atoms with Gasteiger partial charge in [0, 0.05) is 31.3 Å². The fourth-order valence-corrected chi connectivity index (χ4v) is 4.08. The Morgan fingerprint density at radius 2 is 2.38 bits per heavy atom. The van der Waals surface area contributed by atoms with E-state index in [1.165, 1.54) is 0 Å². The Bertz CT molecular complexity index is 721. The average Bonchev–Trinajstić information content (AvgIpc) is 3.26. The minimum absolute atomic E-state index is 0.0519. The molecule has 1 amide bonds. The molecular formula is C17H24ClN5O2S. The maximum absolute atomic E-state index is 12.5. The van der Waals surface area contributed by atoms with Gasteiger partial charge in [-0.3, -0.25) is 9.69 Å². The normalized spacial score (nSPS) is 21.0. The summed E-state index contributed by atoms with van der Waals surface area (Å²) in [5.74, 6) is 0.0157. The van der Waals surface area contributed by atoms with Gasteiger partial charge in [-0.25, -0.2) is 9.97 Å². The number of H-pyrrole nitrogens is 1. The van der Waals surface area contributed by atoms with Crippen LogP contribution in [0.25, 0.3) is 0 Å². The van der Waals surface area contributed by atoms with Crippen LogP contribution in [0.4, 0.5) is 0 Å². The fourth-order valence-electron chi connectivity index (χ4n) is 3.16. The highest BCUT2D eigenvalue weighted by molar-refractivity contribution is 7.09. The number of carbonyl (C=O) groups excluding carboxylic acids is 1. The van der Waals surface area contributed by atoms with E-state index in [2.05, 4.69) is 25.2 Å². The van der Waals surface area contributed by atoms with E-state index in [1.807, 2.05) is 25.4 Å². The van der Waals surface area contributed by atoms with Crippen LogP contribution in [0.5, 0.6) is 0 Å². The molecule has 0 radical (unpaired) electrons. The van der Waals surface area contributed by atoms with Crippen LogP contribution in [0.2, 0.25) is 5.15 Å². The van der Waals surface area contributed by atoms with Gasteiger partial charge >= 0.3 is 0 Å². The molecule has 0 bridgehead atoms. The fraction of sp³-hybridized carbons (Fsp3) is 0.588. The third-order valence-corrected chi connectivity index (χ3v) is 5.56. The molecule has 2 atom stereocenters. The Hall–Kier alpha value is -1.48. The number of hydrogen-bond acceptors (Lipinski definition) is 6. The van der Waals surface area contributed by atoms with E-state index in [4.69, 9.17) is 16.3 Å². The number of piperidine rings is 1. The number of nitrogens with one attached hydrogen (secondary N) is 2. The van der Waals surface area contributed by atoms with Gasteiger partial charge in [0.1, 0.15) is 5.01 Å². The van der Waals surface area contributed by atoms with Gasteiger partial charge in [-0.15, -0.1) is 11.3 Å². The number of aromatic amines is 1. The molecule has 0 unspecified atom stereocenters. The third-order valence-electron chi connectivity index (χ3n) is 4.48. The van der Waals surface area contributed by atoms with Crippen LogP contribution < -0.4 is 5.32 Å². The standard InChI is InChI=1S/C17H24ClN5O2S/c1-3-11-15(18)22-16(20-11)17(24)21-12-5-7-23(9-13(12)25-4-2)10-14-19-6-8-26-14/h6,8,12-13H,3-5,7,9-10H2,1-2H3,(H,20,22)(H,21,24)/t12-,13+/m1/s1. The summed E-state index contributed by atoms with van der Waals surface area (Å²) in [5.41, 5.74) is 0.774. The number of rotatable bonds is 7. The van der Waals surface area contributed by atoms with E-state index < -0.39 is 0 Å². The van der Waals surface area contributed by atoms with Gasteiger partial charge in [0.2, 0.25) is 0 Å². The Morgan fingerprint density at radius 3 is 3.04 bits per heavy atom. The van der Waals surface area contributed by atoms with E-state index >= 15 is 0 Å². The number of thiazole rings is 1. The van der Waals surface area contributed by atoms with Crippen LogP contribution in [0.15, 0.2) is 11.6 Å². The number of ether oxygens (including phenoxy) is 1. The highest BCUT2D eigenvalue weighted by Crippen LogP contribution is 2.19. The first-order chi connectivity index (χ1) is 12.6. The monoisotopic (exact) mass is 397 g/mol. The number of hydrogen-bond donors (Lipinski definition) is 2. The van der Waals surface area contributed by atoms with Crippen molar-refractivity contribution in [2.75, 3.05) is 19.7 Å². The first-order valence-electron chi connectivity index (χ1n) is 8.88. The molecule has 1 fully saturated rings. The predicted octanol–water partition coefficient (Wildman–Crippen LogP) is 2.49. The number of halogens is 1. The van der Waals surface area contributed by atoms with Gasteiger partial charge in [0.25, 0.3) is 5.91 Å². The van der Waals surface area contributed by atoms with E-state index in [-0.39, 0.29) is 23.9 Å². The highest BCUT2D eigenvalue weighted by Gasteiger charge is 2.32. The van der Waals surface area contributed by atoms with Crippen molar-refractivity contribution in [1.29, 1.82) is 0 Å². The lowest BCUT2D eigenvalue weighted by molar-refractivity contribution is -0.0177.